The van der Waals surface area contributed by atoms with Crippen molar-refractivity contribution in [3.63, 3.8) is 0 Å². The first kappa shape index (κ1) is 13.4. The van der Waals surface area contributed by atoms with E-state index in [1.165, 1.54) is 6.07 Å². The summed E-state index contributed by atoms with van der Waals surface area (Å²) in [4.78, 5) is 34.5. The molecule has 0 bridgehead atoms. The van der Waals surface area contributed by atoms with Crippen molar-refractivity contribution in [3.05, 3.63) is 40.2 Å². The molecule has 0 unspecified atom stereocenters. The molecule has 1 fully saturated rings. The second kappa shape index (κ2) is 5.05. The van der Waals surface area contributed by atoms with Gasteiger partial charge >= 0.3 is 5.63 Å². The normalized spacial score (nSPS) is 17.8. The molecule has 3 rings (SSSR count). The van der Waals surface area contributed by atoms with Crippen LogP contribution in [0.4, 0.5) is 5.69 Å². The lowest BCUT2D eigenvalue weighted by Gasteiger charge is -2.11. The van der Waals surface area contributed by atoms with Gasteiger partial charge in [0.1, 0.15) is 11.6 Å². The largest absolute Gasteiger partial charge is 0.423 e. The first-order valence-electron chi connectivity index (χ1n) is 6.68. The summed E-state index contributed by atoms with van der Waals surface area (Å²) >= 11 is 0. The van der Waals surface area contributed by atoms with Crippen molar-refractivity contribution in [3.8, 4) is 0 Å². The first-order valence-corrected chi connectivity index (χ1v) is 6.68. The van der Waals surface area contributed by atoms with Crippen molar-refractivity contribution in [2.24, 2.45) is 0 Å². The summed E-state index contributed by atoms with van der Waals surface area (Å²) in [5.41, 5.74) is 1.35. The number of aryl methyl sites for hydroxylation is 1. The van der Waals surface area contributed by atoms with Crippen molar-refractivity contribution in [1.29, 1.82) is 0 Å². The van der Waals surface area contributed by atoms with E-state index in [9.17, 15) is 14.4 Å². The minimum atomic E-state index is -0.502. The highest BCUT2D eigenvalue weighted by molar-refractivity contribution is 6.00. The van der Waals surface area contributed by atoms with Gasteiger partial charge in [-0.15, -0.1) is 0 Å². The van der Waals surface area contributed by atoms with Crippen molar-refractivity contribution < 1.29 is 14.0 Å². The van der Waals surface area contributed by atoms with Gasteiger partial charge in [0.25, 0.3) is 0 Å². The van der Waals surface area contributed by atoms with Gasteiger partial charge in [0.15, 0.2) is 0 Å². The molecule has 0 saturated carbocycles. The lowest BCUT2D eigenvalue weighted by Crippen LogP contribution is -2.37. The average Bonchev–Trinajstić information content (AvgIpc) is 2.85. The summed E-state index contributed by atoms with van der Waals surface area (Å²) in [5, 5.41) is 6.15. The fourth-order valence-corrected chi connectivity index (χ4v) is 2.44. The summed E-state index contributed by atoms with van der Waals surface area (Å²) in [6, 6.07) is 6.06. The number of hydrogen-bond acceptors (Lipinski definition) is 4. The number of amides is 2. The Labute approximate surface area is 120 Å². The average molecular weight is 286 g/mol. The molecule has 0 spiro atoms. The first-order chi connectivity index (χ1) is 10.0. The third-order valence-electron chi connectivity index (χ3n) is 3.53. The molecular weight excluding hydrogens is 272 g/mol. The van der Waals surface area contributed by atoms with Crippen LogP contribution in [-0.4, -0.2) is 17.9 Å². The number of carbonyl (C=O) groups excluding carboxylic acids is 2. The lowest BCUT2D eigenvalue weighted by molar-refractivity contribution is -0.122. The molecule has 1 saturated heterocycles. The van der Waals surface area contributed by atoms with Gasteiger partial charge in [0, 0.05) is 29.6 Å². The molecule has 1 aliphatic heterocycles. The number of anilines is 1. The Bertz CT molecular complexity index is 794. The van der Waals surface area contributed by atoms with Crippen LogP contribution in [0.2, 0.25) is 0 Å². The highest BCUT2D eigenvalue weighted by Crippen LogP contribution is 2.21. The van der Waals surface area contributed by atoms with Gasteiger partial charge < -0.3 is 15.1 Å². The predicted octanol–water partition coefficient (Wildman–Crippen LogP) is 1.32. The molecule has 1 aliphatic rings. The van der Waals surface area contributed by atoms with Gasteiger partial charge in [-0.1, -0.05) is 0 Å². The monoisotopic (exact) mass is 286 g/mol. The van der Waals surface area contributed by atoms with Crippen molar-refractivity contribution in [2.75, 3.05) is 5.32 Å². The smallest absolute Gasteiger partial charge is 0.336 e. The summed E-state index contributed by atoms with van der Waals surface area (Å²) in [6.07, 6.45) is 0.857. The third-order valence-corrected chi connectivity index (χ3v) is 3.53. The highest BCUT2D eigenvalue weighted by atomic mass is 16.4. The topological polar surface area (TPSA) is 88.4 Å². The Morgan fingerprint density at radius 2 is 2.14 bits per heavy atom. The van der Waals surface area contributed by atoms with Crippen LogP contribution in [0.3, 0.4) is 0 Å². The van der Waals surface area contributed by atoms with Crippen LogP contribution in [0.25, 0.3) is 11.0 Å². The maximum Gasteiger partial charge on any atom is 0.336 e. The minimum Gasteiger partial charge on any atom is -0.423 e. The van der Waals surface area contributed by atoms with Crippen molar-refractivity contribution in [2.45, 2.75) is 25.8 Å². The van der Waals surface area contributed by atoms with E-state index in [0.29, 0.717) is 24.1 Å². The fourth-order valence-electron chi connectivity index (χ4n) is 2.44. The van der Waals surface area contributed by atoms with E-state index in [-0.39, 0.29) is 11.8 Å². The van der Waals surface area contributed by atoms with E-state index in [0.717, 1.165) is 10.9 Å². The summed E-state index contributed by atoms with van der Waals surface area (Å²) in [5.74, 6) is -0.384. The van der Waals surface area contributed by atoms with E-state index in [4.69, 9.17) is 4.42 Å². The fraction of sp³-hybridized carbons (Fsp3) is 0.267. The molecule has 0 aliphatic carbocycles. The van der Waals surface area contributed by atoms with Crippen LogP contribution >= 0.6 is 0 Å². The summed E-state index contributed by atoms with van der Waals surface area (Å²) in [7, 11) is 0. The molecule has 2 amide bonds. The lowest BCUT2D eigenvalue weighted by atomic mass is 10.1. The van der Waals surface area contributed by atoms with Crippen LogP contribution < -0.4 is 16.3 Å². The van der Waals surface area contributed by atoms with Gasteiger partial charge in [-0.05, 0) is 31.0 Å². The van der Waals surface area contributed by atoms with Crippen molar-refractivity contribution >= 4 is 28.5 Å². The Morgan fingerprint density at radius 1 is 1.33 bits per heavy atom. The zero-order valence-corrected chi connectivity index (χ0v) is 11.4. The second-order valence-electron chi connectivity index (χ2n) is 5.11. The molecule has 2 heterocycles. The summed E-state index contributed by atoms with van der Waals surface area (Å²) in [6.45, 7) is 1.82. The number of carbonyl (C=O) groups is 2. The summed E-state index contributed by atoms with van der Waals surface area (Å²) < 4.78 is 5.13. The molecule has 2 aromatic rings. The van der Waals surface area contributed by atoms with E-state index in [2.05, 4.69) is 10.6 Å². The molecule has 0 radical (unpaired) electrons. The number of fused-ring (bicyclic) bond motifs is 1. The van der Waals surface area contributed by atoms with Crippen molar-refractivity contribution in [1.82, 2.24) is 5.32 Å². The number of nitrogens with one attached hydrogen (secondary N) is 2. The zero-order chi connectivity index (χ0) is 15.0. The quantitative estimate of drug-likeness (QED) is 0.815. The third kappa shape index (κ3) is 2.65. The molecule has 1 atom stereocenters. The van der Waals surface area contributed by atoms with Crippen LogP contribution in [0, 0.1) is 6.92 Å². The van der Waals surface area contributed by atoms with Crippen LogP contribution in [0.15, 0.2) is 33.5 Å². The SMILES string of the molecule is Cc1cc(=O)oc2cc(NC(=O)[C@H]3CCC(=O)N3)ccc12. The van der Waals surface area contributed by atoms with Crippen LogP contribution in [0.1, 0.15) is 18.4 Å². The molecular formula is C15H14N2O4. The van der Waals surface area contributed by atoms with E-state index in [1.54, 1.807) is 18.2 Å². The van der Waals surface area contributed by atoms with Gasteiger partial charge in [-0.25, -0.2) is 4.79 Å². The van der Waals surface area contributed by atoms with Crippen LogP contribution in [0.5, 0.6) is 0 Å². The highest BCUT2D eigenvalue weighted by Gasteiger charge is 2.27. The number of rotatable bonds is 2. The maximum atomic E-state index is 12.0. The van der Waals surface area contributed by atoms with E-state index < -0.39 is 11.7 Å². The molecule has 2 N–H and O–H groups in total. The zero-order valence-electron chi connectivity index (χ0n) is 11.4. The second-order valence-corrected chi connectivity index (χ2v) is 5.11. The maximum absolute atomic E-state index is 12.0. The van der Waals surface area contributed by atoms with Gasteiger partial charge in [0.05, 0.1) is 0 Å². The Hall–Kier alpha value is -2.63. The van der Waals surface area contributed by atoms with E-state index in [1.807, 2.05) is 6.92 Å². The number of hydrogen-bond donors (Lipinski definition) is 2. The van der Waals surface area contributed by atoms with Gasteiger partial charge in [-0.2, -0.15) is 0 Å². The molecule has 6 nitrogen and oxygen atoms in total. The standard InChI is InChI=1S/C15H14N2O4/c1-8-6-14(19)21-12-7-9(2-3-10(8)12)16-15(20)11-4-5-13(18)17-11/h2-3,6-7,11H,4-5H2,1H3,(H,16,20)(H,17,18)/t11-/m1/s1. The molecule has 1 aromatic heterocycles. The van der Waals surface area contributed by atoms with Gasteiger partial charge in [0.2, 0.25) is 11.8 Å². The number of benzene rings is 1. The molecule has 1 aromatic carbocycles. The van der Waals surface area contributed by atoms with Gasteiger partial charge in [-0.3, -0.25) is 9.59 Å². The molecule has 108 valence electrons. The molecule has 21 heavy (non-hydrogen) atoms. The van der Waals surface area contributed by atoms with Crippen LogP contribution in [-0.2, 0) is 9.59 Å². The molecule has 6 heteroatoms. The predicted molar refractivity (Wildman–Crippen MR) is 77.0 cm³/mol. The Balaban J connectivity index is 1.86. The minimum absolute atomic E-state index is 0.115. The Kier molecular flexibility index (Phi) is 3.21. The van der Waals surface area contributed by atoms with E-state index >= 15 is 0 Å². The Morgan fingerprint density at radius 3 is 2.86 bits per heavy atom.